The fourth-order valence-electron chi connectivity index (χ4n) is 2.62. The van der Waals surface area contributed by atoms with E-state index in [4.69, 9.17) is 0 Å². The van der Waals surface area contributed by atoms with E-state index < -0.39 is 0 Å². The number of amides is 1. The maximum atomic E-state index is 12.5. The zero-order valence-corrected chi connectivity index (χ0v) is 15.4. The van der Waals surface area contributed by atoms with Gasteiger partial charge >= 0.3 is 0 Å². The molecule has 0 fully saturated rings. The second kappa shape index (κ2) is 6.98. The van der Waals surface area contributed by atoms with Crippen molar-refractivity contribution in [1.82, 2.24) is 19.7 Å². The van der Waals surface area contributed by atoms with E-state index in [9.17, 15) is 4.79 Å². The van der Waals surface area contributed by atoms with Crippen LogP contribution in [0.2, 0.25) is 0 Å². The van der Waals surface area contributed by atoms with Gasteiger partial charge in [-0.1, -0.05) is 0 Å². The molecule has 1 aliphatic heterocycles. The van der Waals surface area contributed by atoms with Crippen molar-refractivity contribution >= 4 is 34.8 Å². The molecule has 1 amide bonds. The Bertz CT molecular complexity index is 709. The number of fused-ring (bicyclic) bond motifs is 1. The first-order valence-electron chi connectivity index (χ1n) is 7.48. The minimum absolute atomic E-state index is 0. The van der Waals surface area contributed by atoms with Gasteiger partial charge in [0.05, 0.1) is 11.4 Å². The quantitative estimate of drug-likeness (QED) is 0.919. The number of nitrogens with one attached hydrogen (secondary N) is 1. The number of aryl methyl sites for hydroxylation is 1. The van der Waals surface area contributed by atoms with Crippen molar-refractivity contribution in [1.29, 1.82) is 0 Å². The van der Waals surface area contributed by atoms with Crippen molar-refractivity contribution in [2.45, 2.75) is 39.8 Å². The third kappa shape index (κ3) is 3.73. The van der Waals surface area contributed by atoms with E-state index >= 15 is 0 Å². The number of hydrogen-bond acceptors (Lipinski definition) is 5. The van der Waals surface area contributed by atoms with Crippen molar-refractivity contribution in [3.8, 4) is 0 Å². The highest BCUT2D eigenvalue weighted by Crippen LogP contribution is 2.28. The molecule has 0 saturated heterocycles. The number of carbonyl (C=O) groups excluding carboxylic acids is 1. The molecule has 126 valence electrons. The van der Waals surface area contributed by atoms with Crippen molar-refractivity contribution in [3.63, 3.8) is 0 Å². The summed E-state index contributed by atoms with van der Waals surface area (Å²) < 4.78 is 1.76. The predicted octanol–water partition coefficient (Wildman–Crippen LogP) is 2.89. The van der Waals surface area contributed by atoms with Gasteiger partial charge in [-0.3, -0.25) is 14.8 Å². The van der Waals surface area contributed by atoms with Crippen molar-refractivity contribution in [2.24, 2.45) is 0 Å². The van der Waals surface area contributed by atoms with Crippen LogP contribution < -0.4 is 5.32 Å². The number of thiazole rings is 1. The highest BCUT2D eigenvalue weighted by atomic mass is 35.5. The van der Waals surface area contributed by atoms with E-state index in [1.54, 1.807) is 16.0 Å². The number of hydrogen-bond donors (Lipinski definition) is 1. The van der Waals surface area contributed by atoms with Gasteiger partial charge in [0.25, 0.3) is 5.91 Å². The lowest BCUT2D eigenvalue weighted by Gasteiger charge is -2.20. The Morgan fingerprint density at radius 1 is 1.43 bits per heavy atom. The summed E-state index contributed by atoms with van der Waals surface area (Å²) in [7, 11) is 2.10. The summed E-state index contributed by atoms with van der Waals surface area (Å²) >= 11 is 1.57. The van der Waals surface area contributed by atoms with Crippen LogP contribution in [0.3, 0.4) is 0 Å². The lowest BCUT2D eigenvalue weighted by molar-refractivity contribution is 0.101. The highest BCUT2D eigenvalue weighted by molar-refractivity contribution is 7.15. The monoisotopic (exact) mass is 355 g/mol. The van der Waals surface area contributed by atoms with Gasteiger partial charge in [-0.2, -0.15) is 5.10 Å². The van der Waals surface area contributed by atoms with Gasteiger partial charge < -0.3 is 4.90 Å². The lowest BCUT2D eigenvalue weighted by atomic mass is 10.2. The van der Waals surface area contributed by atoms with Crippen LogP contribution in [0, 0.1) is 6.92 Å². The normalized spacial score (nSPS) is 14.5. The summed E-state index contributed by atoms with van der Waals surface area (Å²) in [6.45, 7) is 7.85. The number of carbonyl (C=O) groups is 1. The molecule has 0 aliphatic carbocycles. The smallest absolute Gasteiger partial charge is 0.275 e. The molecule has 0 unspecified atom stereocenters. The van der Waals surface area contributed by atoms with Gasteiger partial charge in [0.15, 0.2) is 5.13 Å². The van der Waals surface area contributed by atoms with E-state index in [-0.39, 0.29) is 24.4 Å². The fourth-order valence-corrected chi connectivity index (χ4v) is 3.70. The second-order valence-electron chi connectivity index (χ2n) is 6.04. The highest BCUT2D eigenvalue weighted by Gasteiger charge is 2.21. The van der Waals surface area contributed by atoms with E-state index in [1.165, 1.54) is 4.88 Å². The van der Waals surface area contributed by atoms with Crippen LogP contribution in [0.15, 0.2) is 6.07 Å². The summed E-state index contributed by atoms with van der Waals surface area (Å²) in [5.74, 6) is -0.145. The molecule has 23 heavy (non-hydrogen) atoms. The summed E-state index contributed by atoms with van der Waals surface area (Å²) in [6.07, 6.45) is 0.946. The number of anilines is 1. The van der Waals surface area contributed by atoms with Crippen LogP contribution in [0.4, 0.5) is 5.13 Å². The number of halogens is 1. The molecule has 0 spiro atoms. The summed E-state index contributed by atoms with van der Waals surface area (Å²) in [5.41, 5.74) is 2.55. The van der Waals surface area contributed by atoms with E-state index in [0.717, 1.165) is 30.9 Å². The Morgan fingerprint density at radius 2 is 2.17 bits per heavy atom. The van der Waals surface area contributed by atoms with E-state index in [2.05, 4.69) is 27.3 Å². The van der Waals surface area contributed by atoms with Crippen LogP contribution in [0.25, 0.3) is 0 Å². The first-order valence-corrected chi connectivity index (χ1v) is 8.30. The first kappa shape index (κ1) is 17.9. The van der Waals surface area contributed by atoms with Crippen LogP contribution in [0.5, 0.6) is 0 Å². The molecular weight excluding hydrogens is 334 g/mol. The zero-order chi connectivity index (χ0) is 15.9. The molecule has 3 heterocycles. The first-order chi connectivity index (χ1) is 10.4. The summed E-state index contributed by atoms with van der Waals surface area (Å²) in [5, 5.41) is 7.99. The molecule has 1 N–H and O–H groups in total. The third-order valence-corrected chi connectivity index (χ3v) is 4.72. The summed E-state index contributed by atoms with van der Waals surface area (Å²) in [6, 6.07) is 1.96. The predicted molar refractivity (Wildman–Crippen MR) is 94.7 cm³/mol. The van der Waals surface area contributed by atoms with Crippen LogP contribution in [-0.4, -0.2) is 39.2 Å². The molecular formula is C15H22ClN5OS. The third-order valence-electron chi connectivity index (χ3n) is 3.72. The number of likely N-dealkylation sites (N-methyl/N-ethyl adjacent to an activating group) is 1. The Kier molecular flexibility index (Phi) is 5.44. The van der Waals surface area contributed by atoms with Crippen LogP contribution in [0.1, 0.15) is 46.6 Å². The number of nitrogens with zero attached hydrogens (tertiary/aromatic N) is 4. The molecule has 0 saturated carbocycles. The van der Waals surface area contributed by atoms with Gasteiger partial charge in [0, 0.05) is 30.4 Å². The number of aromatic nitrogens is 3. The molecule has 2 aromatic heterocycles. The Hall–Kier alpha value is -1.44. The standard InChI is InChI=1S/C15H21N5OS.ClH/c1-9(2)20-12(7-10(3)18-20)14(21)17-15-16-11-5-6-19(4)8-13(11)22-15;/h7,9H,5-6,8H2,1-4H3,(H,16,17,21);1H. The van der Waals surface area contributed by atoms with Crippen molar-refractivity contribution in [3.05, 3.63) is 28.0 Å². The topological polar surface area (TPSA) is 63.1 Å². The average Bonchev–Trinajstić information content (AvgIpc) is 3.01. The summed E-state index contributed by atoms with van der Waals surface area (Å²) in [4.78, 5) is 20.6. The molecule has 3 rings (SSSR count). The average molecular weight is 356 g/mol. The molecule has 8 heteroatoms. The Morgan fingerprint density at radius 3 is 2.87 bits per heavy atom. The lowest BCUT2D eigenvalue weighted by Crippen LogP contribution is -2.25. The van der Waals surface area contributed by atoms with Gasteiger partial charge in [-0.15, -0.1) is 23.7 Å². The van der Waals surface area contributed by atoms with Gasteiger partial charge in [-0.25, -0.2) is 4.98 Å². The van der Waals surface area contributed by atoms with E-state index in [0.29, 0.717) is 10.8 Å². The molecule has 2 aromatic rings. The molecule has 0 aromatic carbocycles. The minimum atomic E-state index is -0.145. The fraction of sp³-hybridized carbons (Fsp3) is 0.533. The Balaban J connectivity index is 0.00000192. The second-order valence-corrected chi connectivity index (χ2v) is 7.12. The zero-order valence-electron chi connectivity index (χ0n) is 13.8. The molecule has 0 radical (unpaired) electrons. The van der Waals surface area contributed by atoms with Crippen LogP contribution >= 0.6 is 23.7 Å². The molecule has 0 atom stereocenters. The van der Waals surface area contributed by atoms with Gasteiger partial charge in [-0.05, 0) is 33.9 Å². The number of rotatable bonds is 3. The molecule has 1 aliphatic rings. The van der Waals surface area contributed by atoms with Crippen molar-refractivity contribution < 1.29 is 4.79 Å². The SMILES string of the molecule is Cc1cc(C(=O)Nc2nc3c(s2)CN(C)CC3)n(C(C)C)n1.Cl. The van der Waals surface area contributed by atoms with Crippen LogP contribution in [-0.2, 0) is 13.0 Å². The van der Waals surface area contributed by atoms with Crippen molar-refractivity contribution in [2.75, 3.05) is 18.9 Å². The maximum absolute atomic E-state index is 12.5. The Labute approximate surface area is 146 Å². The van der Waals surface area contributed by atoms with Gasteiger partial charge in [0.1, 0.15) is 5.69 Å². The minimum Gasteiger partial charge on any atom is -0.301 e. The largest absolute Gasteiger partial charge is 0.301 e. The van der Waals surface area contributed by atoms with Gasteiger partial charge in [0.2, 0.25) is 0 Å². The molecule has 0 bridgehead atoms. The maximum Gasteiger partial charge on any atom is 0.275 e. The molecule has 6 nitrogen and oxygen atoms in total. The van der Waals surface area contributed by atoms with E-state index in [1.807, 2.05) is 26.8 Å².